The lowest BCUT2D eigenvalue weighted by atomic mass is 9.92. The van der Waals surface area contributed by atoms with Crippen LogP contribution in [-0.4, -0.2) is 19.9 Å². The van der Waals surface area contributed by atoms with Crippen molar-refractivity contribution in [3.63, 3.8) is 0 Å². The minimum atomic E-state index is 0.659. The molecule has 0 saturated carbocycles. The normalized spacial score (nSPS) is 11.9. The van der Waals surface area contributed by atoms with Gasteiger partial charge in [-0.25, -0.2) is 19.9 Å². The number of para-hydroxylation sites is 2. The summed E-state index contributed by atoms with van der Waals surface area (Å²) in [4.78, 5) is 21.9. The zero-order valence-corrected chi connectivity index (χ0v) is 22.0. The smallest absolute Gasteiger partial charge is 0.160 e. The molecule has 5 nitrogen and oxygen atoms in total. The standard InChI is InChI=1S/C36H23N5/c1-4-12-24(13-5-1)30-22-31(25-14-6-2-7-15-25)40-35(39-30)26-20-29-28-18-10-11-19-33(28)41(27-16-8-3-9-17-27)36-34(29)32(21-26)37-23-38-36/h1-23H. The van der Waals surface area contributed by atoms with Crippen molar-refractivity contribution in [3.8, 4) is 45.0 Å². The van der Waals surface area contributed by atoms with E-state index in [1.807, 2.05) is 42.5 Å². The minimum Gasteiger partial charge on any atom is -0.294 e. The molecule has 0 amide bonds. The van der Waals surface area contributed by atoms with Crippen molar-refractivity contribution < 1.29 is 0 Å². The topological polar surface area (TPSA) is 54.8 Å². The minimum absolute atomic E-state index is 0.659. The molecule has 1 aliphatic heterocycles. The van der Waals surface area contributed by atoms with Gasteiger partial charge in [-0.15, -0.1) is 0 Å². The molecule has 7 aromatic rings. The first-order chi connectivity index (χ1) is 20.3. The van der Waals surface area contributed by atoms with Gasteiger partial charge >= 0.3 is 0 Å². The average molecular weight is 526 g/mol. The monoisotopic (exact) mass is 525 g/mol. The Morgan fingerprint density at radius 2 is 1.10 bits per heavy atom. The predicted molar refractivity (Wildman–Crippen MR) is 165 cm³/mol. The zero-order chi connectivity index (χ0) is 27.2. The van der Waals surface area contributed by atoms with Crippen LogP contribution < -0.4 is 4.90 Å². The molecule has 0 N–H and O–H groups in total. The van der Waals surface area contributed by atoms with E-state index in [9.17, 15) is 0 Å². The Labute approximate surface area is 237 Å². The Balaban J connectivity index is 1.38. The lowest BCUT2D eigenvalue weighted by Crippen LogP contribution is -2.16. The summed E-state index contributed by atoms with van der Waals surface area (Å²) >= 11 is 0. The maximum Gasteiger partial charge on any atom is 0.160 e. The summed E-state index contributed by atoms with van der Waals surface area (Å²) < 4.78 is 0. The molecule has 192 valence electrons. The fourth-order valence-electron chi connectivity index (χ4n) is 5.62. The lowest BCUT2D eigenvalue weighted by Gasteiger charge is -2.32. The quantitative estimate of drug-likeness (QED) is 0.230. The highest BCUT2D eigenvalue weighted by Gasteiger charge is 2.28. The first kappa shape index (κ1) is 23.2. The lowest BCUT2D eigenvalue weighted by molar-refractivity contribution is 1.14. The van der Waals surface area contributed by atoms with Crippen molar-refractivity contribution in [2.24, 2.45) is 0 Å². The van der Waals surface area contributed by atoms with Gasteiger partial charge in [-0.1, -0.05) is 97.1 Å². The molecule has 0 spiro atoms. The molecule has 0 fully saturated rings. The third-order valence-electron chi connectivity index (χ3n) is 7.50. The van der Waals surface area contributed by atoms with Gasteiger partial charge in [-0.2, -0.15) is 0 Å². The van der Waals surface area contributed by atoms with Crippen LogP contribution in [0.1, 0.15) is 0 Å². The average Bonchev–Trinajstić information content (AvgIpc) is 3.06. The van der Waals surface area contributed by atoms with Crippen LogP contribution in [0.5, 0.6) is 0 Å². The molecule has 2 aromatic heterocycles. The van der Waals surface area contributed by atoms with Crippen molar-refractivity contribution in [2.45, 2.75) is 0 Å². The first-order valence-corrected chi connectivity index (χ1v) is 13.6. The molecular weight excluding hydrogens is 502 g/mol. The molecular formula is C36H23N5. The van der Waals surface area contributed by atoms with Crippen molar-refractivity contribution in [1.29, 1.82) is 0 Å². The van der Waals surface area contributed by atoms with Gasteiger partial charge in [0, 0.05) is 27.9 Å². The summed E-state index contributed by atoms with van der Waals surface area (Å²) in [5.41, 5.74) is 9.94. The molecule has 1 aliphatic rings. The maximum atomic E-state index is 5.08. The van der Waals surface area contributed by atoms with Crippen molar-refractivity contribution in [1.82, 2.24) is 19.9 Å². The number of fused-ring (bicyclic) bond motifs is 2. The van der Waals surface area contributed by atoms with Crippen LogP contribution in [0.25, 0.3) is 55.9 Å². The van der Waals surface area contributed by atoms with Gasteiger partial charge in [-0.3, -0.25) is 4.90 Å². The van der Waals surface area contributed by atoms with E-state index in [-0.39, 0.29) is 0 Å². The van der Waals surface area contributed by atoms with E-state index < -0.39 is 0 Å². The highest BCUT2D eigenvalue weighted by Crippen LogP contribution is 2.50. The second-order valence-electron chi connectivity index (χ2n) is 10.00. The highest BCUT2D eigenvalue weighted by molar-refractivity contribution is 6.12. The molecule has 5 aromatic carbocycles. The molecule has 0 bridgehead atoms. The second kappa shape index (κ2) is 9.50. The fourth-order valence-corrected chi connectivity index (χ4v) is 5.62. The van der Waals surface area contributed by atoms with Crippen LogP contribution in [0.3, 0.4) is 0 Å². The number of anilines is 3. The van der Waals surface area contributed by atoms with Crippen LogP contribution in [-0.2, 0) is 0 Å². The second-order valence-corrected chi connectivity index (χ2v) is 10.00. The van der Waals surface area contributed by atoms with Crippen LogP contribution in [0, 0.1) is 0 Å². The van der Waals surface area contributed by atoms with E-state index in [0.29, 0.717) is 5.82 Å². The number of rotatable bonds is 4. The van der Waals surface area contributed by atoms with E-state index in [2.05, 4.69) is 95.9 Å². The van der Waals surface area contributed by atoms with Crippen LogP contribution >= 0.6 is 0 Å². The zero-order valence-electron chi connectivity index (χ0n) is 22.0. The maximum absolute atomic E-state index is 5.08. The summed E-state index contributed by atoms with van der Waals surface area (Å²) in [6, 6.07) is 45.7. The molecule has 0 aliphatic carbocycles. The number of benzene rings is 5. The number of hydrogen-bond acceptors (Lipinski definition) is 5. The first-order valence-electron chi connectivity index (χ1n) is 13.6. The molecule has 0 saturated heterocycles. The summed E-state index contributed by atoms with van der Waals surface area (Å²) in [6.07, 6.45) is 1.64. The summed E-state index contributed by atoms with van der Waals surface area (Å²) in [7, 11) is 0. The van der Waals surface area contributed by atoms with E-state index in [1.54, 1.807) is 6.33 Å². The van der Waals surface area contributed by atoms with Crippen LogP contribution in [0.2, 0.25) is 0 Å². The Kier molecular flexibility index (Phi) is 5.38. The van der Waals surface area contributed by atoms with Crippen LogP contribution in [0.15, 0.2) is 140 Å². The third-order valence-corrected chi connectivity index (χ3v) is 7.50. The van der Waals surface area contributed by atoms with E-state index >= 15 is 0 Å². The Morgan fingerprint density at radius 3 is 1.78 bits per heavy atom. The highest BCUT2D eigenvalue weighted by atomic mass is 15.2. The molecule has 0 radical (unpaired) electrons. The molecule has 3 heterocycles. The van der Waals surface area contributed by atoms with Gasteiger partial charge in [0.15, 0.2) is 5.82 Å². The summed E-state index contributed by atoms with van der Waals surface area (Å²) in [6.45, 7) is 0. The van der Waals surface area contributed by atoms with Crippen molar-refractivity contribution in [3.05, 3.63) is 140 Å². The molecule has 0 atom stereocenters. The Bertz CT molecular complexity index is 1980. The summed E-state index contributed by atoms with van der Waals surface area (Å²) in [5.74, 6) is 1.52. The largest absolute Gasteiger partial charge is 0.294 e. The van der Waals surface area contributed by atoms with Crippen molar-refractivity contribution in [2.75, 3.05) is 4.90 Å². The Morgan fingerprint density at radius 1 is 0.488 bits per heavy atom. The number of hydrogen-bond donors (Lipinski definition) is 0. The predicted octanol–water partition coefficient (Wildman–Crippen LogP) is 8.87. The Hall–Kier alpha value is -5.68. The molecule has 41 heavy (non-hydrogen) atoms. The molecule has 8 rings (SSSR count). The SMILES string of the molecule is c1ccc(-c2cc(-c3ccccc3)nc(-c3cc4c5c(ncnc5c3)N(c3ccccc3)c3ccccc3-4)n2)cc1. The molecule has 5 heteroatoms. The third kappa shape index (κ3) is 3.95. The van der Waals surface area contributed by atoms with Gasteiger partial charge in [0.25, 0.3) is 0 Å². The fraction of sp³-hybridized carbons (Fsp3) is 0. The van der Waals surface area contributed by atoms with E-state index in [1.165, 1.54) is 0 Å². The summed E-state index contributed by atoms with van der Waals surface area (Å²) in [5, 5.41) is 1.02. The van der Waals surface area contributed by atoms with Gasteiger partial charge in [0.05, 0.1) is 28.0 Å². The van der Waals surface area contributed by atoms with E-state index in [0.717, 1.165) is 67.3 Å². The number of aromatic nitrogens is 4. The van der Waals surface area contributed by atoms with Gasteiger partial charge in [0.1, 0.15) is 12.1 Å². The van der Waals surface area contributed by atoms with Crippen LogP contribution in [0.4, 0.5) is 17.2 Å². The van der Waals surface area contributed by atoms with E-state index in [4.69, 9.17) is 19.9 Å². The number of nitrogens with zero attached hydrogens (tertiary/aromatic N) is 5. The van der Waals surface area contributed by atoms with Gasteiger partial charge < -0.3 is 0 Å². The van der Waals surface area contributed by atoms with Gasteiger partial charge in [0.2, 0.25) is 0 Å². The van der Waals surface area contributed by atoms with Crippen molar-refractivity contribution >= 4 is 28.1 Å². The molecule has 0 unspecified atom stereocenters. The van der Waals surface area contributed by atoms with Gasteiger partial charge in [-0.05, 0) is 42.0 Å².